The van der Waals surface area contributed by atoms with Crippen molar-refractivity contribution >= 4 is 11.4 Å². The molecule has 0 saturated heterocycles. The first-order valence-corrected chi connectivity index (χ1v) is 14.1. The maximum Gasteiger partial charge on any atom is 0.0361 e. The Kier molecular flexibility index (Phi) is 10.9. The van der Waals surface area contributed by atoms with E-state index in [2.05, 4.69) is 125 Å². The Morgan fingerprint density at radius 3 is 1.22 bits per heavy atom. The van der Waals surface area contributed by atoms with Gasteiger partial charge in [0.25, 0.3) is 0 Å². The van der Waals surface area contributed by atoms with Crippen LogP contribution in [0.1, 0.15) is 99.3 Å². The maximum atomic E-state index is 2.52. The van der Waals surface area contributed by atoms with Gasteiger partial charge in [-0.3, -0.25) is 0 Å². The lowest BCUT2D eigenvalue weighted by molar-refractivity contribution is 0.609. The molecule has 0 heterocycles. The normalized spacial score (nSPS) is 12.8. The average molecular weight is 485 g/mol. The summed E-state index contributed by atoms with van der Waals surface area (Å²) in [6.07, 6.45) is 10.1. The summed E-state index contributed by atoms with van der Waals surface area (Å²) in [5, 5.41) is 0. The van der Waals surface area contributed by atoms with Gasteiger partial charge < -0.3 is 9.80 Å². The summed E-state index contributed by atoms with van der Waals surface area (Å²) in [6.45, 7) is 4.59. The molecule has 194 valence electrons. The van der Waals surface area contributed by atoms with Crippen molar-refractivity contribution in [2.45, 2.75) is 77.0 Å². The summed E-state index contributed by atoms with van der Waals surface area (Å²) < 4.78 is 0. The summed E-state index contributed by atoms with van der Waals surface area (Å²) in [4.78, 5) is 4.36. The van der Waals surface area contributed by atoms with Crippen molar-refractivity contribution in [2.75, 3.05) is 38.0 Å². The van der Waals surface area contributed by atoms with Crippen LogP contribution in [0.15, 0.2) is 72.8 Å². The van der Waals surface area contributed by atoms with Gasteiger partial charge in [-0.1, -0.05) is 101 Å². The van der Waals surface area contributed by atoms with Crippen LogP contribution in [-0.2, 0) is 0 Å². The van der Waals surface area contributed by atoms with Crippen molar-refractivity contribution in [2.24, 2.45) is 0 Å². The third kappa shape index (κ3) is 7.63. The zero-order valence-corrected chi connectivity index (χ0v) is 23.6. The fourth-order valence-corrected chi connectivity index (χ4v) is 5.25. The molecule has 2 atom stereocenters. The number of anilines is 2. The molecule has 0 fully saturated rings. The minimum Gasteiger partial charge on any atom is -0.378 e. The van der Waals surface area contributed by atoms with Crippen LogP contribution in [0.2, 0.25) is 0 Å². The smallest absolute Gasteiger partial charge is 0.0361 e. The number of rotatable bonds is 14. The predicted molar refractivity (Wildman–Crippen MR) is 160 cm³/mol. The van der Waals surface area contributed by atoms with Gasteiger partial charge >= 0.3 is 0 Å². The number of hydrogen-bond donors (Lipinski definition) is 0. The Hall–Kier alpha value is -2.74. The lowest BCUT2D eigenvalue weighted by Gasteiger charge is -2.23. The van der Waals surface area contributed by atoms with Gasteiger partial charge in [0.2, 0.25) is 0 Å². The van der Waals surface area contributed by atoms with E-state index in [0.29, 0.717) is 11.8 Å². The van der Waals surface area contributed by atoms with Gasteiger partial charge in [-0.05, 0) is 59.4 Å². The fraction of sp³-hybridized carbons (Fsp3) is 0.471. The molecule has 0 aliphatic heterocycles. The van der Waals surface area contributed by atoms with Gasteiger partial charge in [-0.15, -0.1) is 0 Å². The lowest BCUT2D eigenvalue weighted by atomic mass is 9.82. The molecule has 0 aliphatic rings. The second kappa shape index (κ2) is 14.1. The van der Waals surface area contributed by atoms with Crippen LogP contribution in [0.5, 0.6) is 0 Å². The van der Waals surface area contributed by atoms with Crippen molar-refractivity contribution < 1.29 is 0 Å². The lowest BCUT2D eigenvalue weighted by Crippen LogP contribution is -2.10. The topological polar surface area (TPSA) is 6.48 Å². The molecule has 3 rings (SSSR count). The number of unbranched alkanes of at least 4 members (excludes halogenated alkanes) is 4. The molecule has 0 amide bonds. The van der Waals surface area contributed by atoms with Crippen molar-refractivity contribution in [3.05, 3.63) is 95.1 Å². The molecular weight excluding hydrogens is 436 g/mol. The molecule has 2 heteroatoms. The van der Waals surface area contributed by atoms with E-state index in [0.717, 1.165) is 0 Å². The Bertz CT molecular complexity index is 937. The molecule has 0 saturated carbocycles. The van der Waals surface area contributed by atoms with E-state index in [1.165, 1.54) is 85.0 Å². The first-order chi connectivity index (χ1) is 17.4. The average Bonchev–Trinajstić information content (AvgIpc) is 2.89. The summed E-state index contributed by atoms with van der Waals surface area (Å²) >= 11 is 0. The molecule has 36 heavy (non-hydrogen) atoms. The van der Waals surface area contributed by atoms with Crippen LogP contribution in [0.4, 0.5) is 11.4 Å². The minimum atomic E-state index is 0.445. The van der Waals surface area contributed by atoms with Crippen LogP contribution < -0.4 is 9.80 Å². The molecule has 2 unspecified atom stereocenters. The zero-order valence-electron chi connectivity index (χ0n) is 23.6. The van der Waals surface area contributed by atoms with E-state index >= 15 is 0 Å². The van der Waals surface area contributed by atoms with E-state index in [1.807, 2.05) is 0 Å². The Labute approximate surface area is 221 Å². The zero-order chi connectivity index (χ0) is 25.9. The van der Waals surface area contributed by atoms with E-state index < -0.39 is 0 Å². The summed E-state index contributed by atoms with van der Waals surface area (Å²) in [7, 11) is 8.45. The second-order valence-corrected chi connectivity index (χ2v) is 10.7. The molecule has 2 nitrogen and oxygen atoms in total. The van der Waals surface area contributed by atoms with Gasteiger partial charge in [0.05, 0.1) is 0 Å². The standard InChI is InChI=1S/C34H48N2/c1-7-9-11-16-33(27-18-22-31(23-19-27)35(3)4)29-14-13-15-30(26-29)34(17-12-10-8-2)28-20-24-32(25-21-28)36(5)6/h13-15,18-26,33-34H,7-12,16-17H2,1-6H3. The van der Waals surface area contributed by atoms with Crippen molar-refractivity contribution in [3.8, 4) is 0 Å². The van der Waals surface area contributed by atoms with E-state index in [9.17, 15) is 0 Å². The van der Waals surface area contributed by atoms with Crippen molar-refractivity contribution in [3.63, 3.8) is 0 Å². The molecule has 3 aromatic rings. The van der Waals surface area contributed by atoms with E-state index in [-0.39, 0.29) is 0 Å². The predicted octanol–water partition coefficient (Wildman–Crippen LogP) is 9.24. The first kappa shape index (κ1) is 27.8. The number of benzene rings is 3. The van der Waals surface area contributed by atoms with Crippen LogP contribution in [0.25, 0.3) is 0 Å². The van der Waals surface area contributed by atoms with Crippen LogP contribution >= 0.6 is 0 Å². The largest absolute Gasteiger partial charge is 0.378 e. The molecule has 0 bridgehead atoms. The molecule has 0 aliphatic carbocycles. The highest BCUT2D eigenvalue weighted by Crippen LogP contribution is 2.36. The summed E-state index contributed by atoms with van der Waals surface area (Å²) in [6, 6.07) is 28.0. The van der Waals surface area contributed by atoms with Crippen LogP contribution in [0, 0.1) is 0 Å². The van der Waals surface area contributed by atoms with E-state index in [4.69, 9.17) is 0 Å². The van der Waals surface area contributed by atoms with Gasteiger partial charge in [0.15, 0.2) is 0 Å². The fourth-order valence-electron chi connectivity index (χ4n) is 5.25. The molecule has 0 aromatic heterocycles. The number of hydrogen-bond acceptors (Lipinski definition) is 2. The van der Waals surface area contributed by atoms with Crippen molar-refractivity contribution in [1.29, 1.82) is 0 Å². The molecular formula is C34H48N2. The minimum absolute atomic E-state index is 0.445. The van der Waals surface area contributed by atoms with Gasteiger partial charge in [0, 0.05) is 51.4 Å². The van der Waals surface area contributed by atoms with Crippen LogP contribution in [-0.4, -0.2) is 28.2 Å². The maximum absolute atomic E-state index is 2.52. The quantitative estimate of drug-likeness (QED) is 0.210. The van der Waals surface area contributed by atoms with Crippen LogP contribution in [0.3, 0.4) is 0 Å². The third-order valence-electron chi connectivity index (χ3n) is 7.53. The third-order valence-corrected chi connectivity index (χ3v) is 7.53. The second-order valence-electron chi connectivity index (χ2n) is 10.7. The SMILES string of the molecule is CCCCCC(c1ccc(N(C)C)cc1)c1cccc(C(CCCCC)c2ccc(N(C)C)cc2)c1. The van der Waals surface area contributed by atoms with Gasteiger partial charge in [-0.2, -0.15) is 0 Å². The van der Waals surface area contributed by atoms with Gasteiger partial charge in [0.1, 0.15) is 0 Å². The Balaban J connectivity index is 1.96. The highest BCUT2D eigenvalue weighted by molar-refractivity contribution is 5.50. The molecule has 0 radical (unpaired) electrons. The molecule has 3 aromatic carbocycles. The first-order valence-electron chi connectivity index (χ1n) is 14.1. The highest BCUT2D eigenvalue weighted by Gasteiger charge is 2.19. The monoisotopic (exact) mass is 484 g/mol. The molecule has 0 N–H and O–H groups in total. The van der Waals surface area contributed by atoms with E-state index in [1.54, 1.807) is 0 Å². The molecule has 0 spiro atoms. The highest BCUT2D eigenvalue weighted by atomic mass is 15.1. The van der Waals surface area contributed by atoms with Crippen molar-refractivity contribution in [1.82, 2.24) is 0 Å². The summed E-state index contributed by atoms with van der Waals surface area (Å²) in [5.74, 6) is 0.889. The number of nitrogens with zero attached hydrogens (tertiary/aromatic N) is 2. The Morgan fingerprint density at radius 2 is 0.889 bits per heavy atom. The van der Waals surface area contributed by atoms with Gasteiger partial charge in [-0.25, -0.2) is 0 Å². The summed E-state index contributed by atoms with van der Waals surface area (Å²) in [5.41, 5.74) is 8.32. The Morgan fingerprint density at radius 1 is 0.500 bits per heavy atom.